The van der Waals surface area contributed by atoms with Gasteiger partial charge in [0.25, 0.3) is 0 Å². The van der Waals surface area contributed by atoms with E-state index in [1.165, 1.54) is 51.4 Å². The van der Waals surface area contributed by atoms with Crippen LogP contribution in [-0.4, -0.2) is 37.6 Å². The topological polar surface area (TPSA) is 15.3 Å². The zero-order chi connectivity index (χ0) is 12.8. The van der Waals surface area contributed by atoms with Crippen LogP contribution in [0.1, 0.15) is 51.4 Å². The van der Waals surface area contributed by atoms with Gasteiger partial charge in [-0.3, -0.25) is 0 Å². The molecule has 3 rings (SSSR count). The van der Waals surface area contributed by atoms with Crippen molar-refractivity contribution < 1.29 is 0 Å². The molecule has 0 amide bonds. The summed E-state index contributed by atoms with van der Waals surface area (Å²) in [4.78, 5) is 2.55. The third kappa shape index (κ3) is 1.84. The Morgan fingerprint density at radius 3 is 2.28 bits per heavy atom. The second-order valence-corrected chi connectivity index (χ2v) is 7.31. The Balaban J connectivity index is 1.82. The Morgan fingerprint density at radius 2 is 1.83 bits per heavy atom. The van der Waals surface area contributed by atoms with Crippen LogP contribution in [-0.2, 0) is 0 Å². The molecule has 0 aromatic rings. The number of fused-ring (bicyclic) bond motifs is 2. The lowest BCUT2D eigenvalue weighted by atomic mass is 9.73. The fourth-order valence-electron chi connectivity index (χ4n) is 5.61. The van der Waals surface area contributed by atoms with Crippen LogP contribution in [0.25, 0.3) is 0 Å². The molecule has 0 aliphatic heterocycles. The van der Waals surface area contributed by atoms with Crippen molar-refractivity contribution in [2.45, 2.75) is 62.9 Å². The molecule has 0 spiro atoms. The summed E-state index contributed by atoms with van der Waals surface area (Å²) in [5.41, 5.74) is 0.448. The van der Waals surface area contributed by atoms with Crippen LogP contribution in [0.15, 0.2) is 0 Å². The molecule has 3 aliphatic rings. The molecular weight excluding hydrogens is 220 g/mol. The lowest BCUT2D eigenvalue weighted by Crippen LogP contribution is -2.60. The lowest BCUT2D eigenvalue weighted by Gasteiger charge is -2.48. The van der Waals surface area contributed by atoms with E-state index in [2.05, 4.69) is 31.4 Å². The summed E-state index contributed by atoms with van der Waals surface area (Å²) in [5, 5.41) is 3.75. The van der Waals surface area contributed by atoms with Crippen molar-refractivity contribution in [1.29, 1.82) is 0 Å². The number of hydrogen-bond donors (Lipinski definition) is 1. The lowest BCUT2D eigenvalue weighted by molar-refractivity contribution is 0.0595. The summed E-state index contributed by atoms with van der Waals surface area (Å²) in [7, 11) is 6.83. The predicted molar refractivity (Wildman–Crippen MR) is 76.7 cm³/mol. The Labute approximate surface area is 113 Å². The van der Waals surface area contributed by atoms with E-state index in [9.17, 15) is 0 Å². The van der Waals surface area contributed by atoms with Crippen molar-refractivity contribution in [2.75, 3.05) is 21.1 Å². The first-order valence-electron chi connectivity index (χ1n) is 8.02. The Hall–Kier alpha value is -0.0800. The van der Waals surface area contributed by atoms with Gasteiger partial charge in [-0.05, 0) is 71.0 Å². The van der Waals surface area contributed by atoms with Gasteiger partial charge >= 0.3 is 0 Å². The van der Waals surface area contributed by atoms with Crippen molar-refractivity contribution in [3.63, 3.8) is 0 Å². The quantitative estimate of drug-likeness (QED) is 0.825. The summed E-state index contributed by atoms with van der Waals surface area (Å²) in [6.45, 7) is 0. The standard InChI is InChI=1S/C16H30N2/c1-17-15(14-11-12-6-7-13(14)10-12)16(18(2)3)8-4-5-9-16/h12-15,17H,4-11H2,1-3H3. The SMILES string of the molecule is CNC(C1CC2CCC1C2)C1(N(C)C)CCCC1. The maximum Gasteiger partial charge on any atom is 0.0359 e. The minimum absolute atomic E-state index is 0.448. The summed E-state index contributed by atoms with van der Waals surface area (Å²) in [5.74, 6) is 3.05. The van der Waals surface area contributed by atoms with Crippen LogP contribution >= 0.6 is 0 Å². The number of hydrogen-bond acceptors (Lipinski definition) is 2. The molecule has 3 fully saturated rings. The monoisotopic (exact) mass is 250 g/mol. The molecule has 0 heterocycles. The highest BCUT2D eigenvalue weighted by Crippen LogP contribution is 2.53. The molecular formula is C16H30N2. The second kappa shape index (κ2) is 4.79. The molecule has 2 nitrogen and oxygen atoms in total. The van der Waals surface area contributed by atoms with Gasteiger partial charge in [0.05, 0.1) is 0 Å². The fraction of sp³-hybridized carbons (Fsp3) is 1.00. The van der Waals surface area contributed by atoms with Crippen LogP contribution in [0, 0.1) is 17.8 Å². The molecule has 0 radical (unpaired) electrons. The molecule has 0 aromatic carbocycles. The zero-order valence-electron chi connectivity index (χ0n) is 12.4. The third-order valence-corrected chi connectivity index (χ3v) is 6.47. The van der Waals surface area contributed by atoms with E-state index in [0.717, 1.165) is 23.8 Å². The van der Waals surface area contributed by atoms with Gasteiger partial charge in [0.15, 0.2) is 0 Å². The van der Waals surface area contributed by atoms with Gasteiger partial charge < -0.3 is 10.2 Å². The molecule has 18 heavy (non-hydrogen) atoms. The molecule has 1 N–H and O–H groups in total. The number of nitrogens with one attached hydrogen (secondary N) is 1. The minimum atomic E-state index is 0.448. The Bertz CT molecular complexity index is 293. The van der Waals surface area contributed by atoms with E-state index in [1.807, 2.05) is 0 Å². The van der Waals surface area contributed by atoms with E-state index in [1.54, 1.807) is 0 Å². The van der Waals surface area contributed by atoms with Gasteiger partial charge in [0.1, 0.15) is 0 Å². The smallest absolute Gasteiger partial charge is 0.0359 e. The van der Waals surface area contributed by atoms with Crippen LogP contribution in [0.2, 0.25) is 0 Å². The van der Waals surface area contributed by atoms with Crippen LogP contribution in [0.4, 0.5) is 0 Å². The summed E-state index contributed by atoms with van der Waals surface area (Å²) in [6.07, 6.45) is 11.7. The number of rotatable bonds is 4. The Morgan fingerprint density at radius 1 is 1.11 bits per heavy atom. The molecule has 0 saturated heterocycles. The second-order valence-electron chi connectivity index (χ2n) is 7.31. The maximum atomic E-state index is 3.75. The molecule has 4 atom stereocenters. The van der Waals surface area contributed by atoms with Crippen LogP contribution in [0.3, 0.4) is 0 Å². The highest BCUT2D eigenvalue weighted by atomic mass is 15.2. The van der Waals surface area contributed by atoms with Crippen molar-refractivity contribution in [3.8, 4) is 0 Å². The van der Waals surface area contributed by atoms with Crippen molar-refractivity contribution >= 4 is 0 Å². The highest BCUT2D eigenvalue weighted by molar-refractivity contribution is 5.08. The summed E-state index contributed by atoms with van der Waals surface area (Å²) in [6, 6.07) is 0.727. The van der Waals surface area contributed by atoms with E-state index in [-0.39, 0.29) is 0 Å². The molecule has 4 unspecified atom stereocenters. The summed E-state index contributed by atoms with van der Waals surface area (Å²) < 4.78 is 0. The van der Waals surface area contributed by atoms with Crippen molar-refractivity contribution in [2.24, 2.45) is 17.8 Å². The molecule has 2 heteroatoms. The van der Waals surface area contributed by atoms with Gasteiger partial charge in [-0.15, -0.1) is 0 Å². The van der Waals surface area contributed by atoms with E-state index < -0.39 is 0 Å². The molecule has 0 aromatic heterocycles. The fourth-order valence-corrected chi connectivity index (χ4v) is 5.61. The molecule has 104 valence electrons. The van der Waals surface area contributed by atoms with Crippen molar-refractivity contribution in [1.82, 2.24) is 10.2 Å². The van der Waals surface area contributed by atoms with E-state index in [4.69, 9.17) is 0 Å². The van der Waals surface area contributed by atoms with E-state index >= 15 is 0 Å². The first kappa shape index (κ1) is 12.9. The average molecular weight is 250 g/mol. The normalized spacial score (nSPS) is 39.7. The summed E-state index contributed by atoms with van der Waals surface area (Å²) >= 11 is 0. The van der Waals surface area contributed by atoms with Gasteiger partial charge in [-0.2, -0.15) is 0 Å². The first-order valence-corrected chi connectivity index (χ1v) is 8.02. The number of likely N-dealkylation sites (N-methyl/N-ethyl adjacent to an activating group) is 2. The molecule has 3 saturated carbocycles. The predicted octanol–water partition coefficient (Wildman–Crippen LogP) is 2.89. The molecule has 2 bridgehead atoms. The maximum absolute atomic E-state index is 3.75. The third-order valence-electron chi connectivity index (χ3n) is 6.47. The number of nitrogens with zero attached hydrogens (tertiary/aromatic N) is 1. The van der Waals surface area contributed by atoms with Gasteiger partial charge in [0.2, 0.25) is 0 Å². The van der Waals surface area contributed by atoms with E-state index in [0.29, 0.717) is 5.54 Å². The largest absolute Gasteiger partial charge is 0.315 e. The van der Waals surface area contributed by atoms with Crippen LogP contribution in [0.5, 0.6) is 0 Å². The van der Waals surface area contributed by atoms with Gasteiger partial charge in [-0.1, -0.05) is 19.3 Å². The Kier molecular flexibility index (Phi) is 3.44. The van der Waals surface area contributed by atoms with Crippen molar-refractivity contribution in [3.05, 3.63) is 0 Å². The van der Waals surface area contributed by atoms with Crippen LogP contribution < -0.4 is 5.32 Å². The van der Waals surface area contributed by atoms with Gasteiger partial charge in [0, 0.05) is 11.6 Å². The molecule has 3 aliphatic carbocycles. The highest BCUT2D eigenvalue weighted by Gasteiger charge is 2.51. The first-order chi connectivity index (χ1) is 8.67. The zero-order valence-corrected chi connectivity index (χ0v) is 12.4. The average Bonchev–Trinajstić information content (AvgIpc) is 3.05. The van der Waals surface area contributed by atoms with Gasteiger partial charge in [-0.25, -0.2) is 0 Å². The minimum Gasteiger partial charge on any atom is -0.315 e.